The number of esters is 2. The fourth-order valence-corrected chi connectivity index (χ4v) is 9.99. The van der Waals surface area contributed by atoms with Crippen LogP contribution in [0.5, 0.6) is 5.75 Å². The van der Waals surface area contributed by atoms with Gasteiger partial charge in [0.25, 0.3) is 5.91 Å². The Hall–Kier alpha value is -5.90. The lowest BCUT2D eigenvalue weighted by molar-refractivity contribution is -0.179. The highest BCUT2D eigenvalue weighted by atomic mass is 35.5. The standard InChI is InChI=1S/C48H50ClN5O8S2/c1-45(2,3)61-42(57)46(4,5)62-53-37(36-27-63-44(50-36)52-48(32-16-10-7-11-17-32,33-18-12-8-13-19-33)34-20-14-9-15-21-34)39(55)51-38-40(56)54-29-47(28-49,30-64-41(38)54)43(58)60-26-31-22-24-35(59-6)25-23-31/h7-25,27,38,41H,26,28-30H2,1-6H3,(H,50,52)(H,51,55)/t38?,41-,47?/m1/s1. The Morgan fingerprint density at radius 1 is 0.875 bits per heavy atom. The van der Waals surface area contributed by atoms with Crippen LogP contribution in [0.15, 0.2) is 126 Å². The molecule has 2 amide bonds. The number of thiazole rings is 1. The van der Waals surface area contributed by atoms with Crippen LogP contribution in [-0.2, 0) is 45.6 Å². The number of hydrogen-bond donors (Lipinski definition) is 2. The number of halogens is 1. The van der Waals surface area contributed by atoms with Crippen LogP contribution < -0.4 is 15.4 Å². The maximum absolute atomic E-state index is 14.4. The summed E-state index contributed by atoms with van der Waals surface area (Å²) in [4.78, 5) is 67.2. The molecule has 4 aromatic carbocycles. The van der Waals surface area contributed by atoms with E-state index in [1.807, 2.05) is 91.0 Å². The molecule has 64 heavy (non-hydrogen) atoms. The van der Waals surface area contributed by atoms with Gasteiger partial charge in [-0.3, -0.25) is 14.4 Å². The molecule has 16 heteroatoms. The molecule has 0 spiro atoms. The number of hydrogen-bond acceptors (Lipinski definition) is 13. The number of thioether (sulfide) groups is 1. The summed E-state index contributed by atoms with van der Waals surface area (Å²) in [7, 11) is 1.57. The van der Waals surface area contributed by atoms with Crippen LogP contribution in [0, 0.1) is 5.41 Å². The lowest BCUT2D eigenvalue weighted by atomic mass is 9.77. The van der Waals surface area contributed by atoms with E-state index in [2.05, 4.69) is 15.8 Å². The van der Waals surface area contributed by atoms with Gasteiger partial charge in [0, 0.05) is 23.6 Å². The normalized spacial score (nSPS) is 18.8. The number of ether oxygens (including phenoxy) is 3. The Kier molecular flexibility index (Phi) is 13.7. The molecule has 5 aromatic rings. The number of anilines is 1. The number of oxime groups is 1. The Morgan fingerprint density at radius 2 is 1.45 bits per heavy atom. The second-order valence-electron chi connectivity index (χ2n) is 17.0. The van der Waals surface area contributed by atoms with Crippen molar-refractivity contribution in [3.05, 3.63) is 149 Å². The molecule has 0 saturated carbocycles. The zero-order chi connectivity index (χ0) is 45.7. The summed E-state index contributed by atoms with van der Waals surface area (Å²) in [5, 5.41) is 12.4. The van der Waals surface area contributed by atoms with Crippen molar-refractivity contribution in [3.63, 3.8) is 0 Å². The topological polar surface area (TPSA) is 158 Å². The molecule has 2 saturated heterocycles. The van der Waals surface area contributed by atoms with E-state index in [0.717, 1.165) is 22.3 Å². The van der Waals surface area contributed by atoms with Crippen molar-refractivity contribution in [2.75, 3.05) is 30.6 Å². The molecule has 2 aliphatic heterocycles. The molecule has 0 radical (unpaired) electrons. The van der Waals surface area contributed by atoms with Crippen LogP contribution in [0.25, 0.3) is 0 Å². The minimum Gasteiger partial charge on any atom is -0.497 e. The summed E-state index contributed by atoms with van der Waals surface area (Å²) in [6.07, 6.45) is 0. The number of methoxy groups -OCH3 is 1. The van der Waals surface area contributed by atoms with Gasteiger partial charge in [-0.15, -0.1) is 34.7 Å². The van der Waals surface area contributed by atoms with Crippen molar-refractivity contribution in [1.82, 2.24) is 15.2 Å². The Morgan fingerprint density at radius 3 is 1.98 bits per heavy atom. The maximum Gasteiger partial charge on any atom is 0.353 e. The van der Waals surface area contributed by atoms with Gasteiger partial charge in [-0.25, -0.2) is 9.78 Å². The van der Waals surface area contributed by atoms with E-state index < -0.39 is 57.3 Å². The number of nitrogens with zero attached hydrogens (tertiary/aromatic N) is 3. The molecule has 334 valence electrons. The fourth-order valence-electron chi connectivity index (χ4n) is 7.30. The Labute approximate surface area is 385 Å². The number of rotatable bonds is 16. The van der Waals surface area contributed by atoms with Crippen LogP contribution >= 0.6 is 34.7 Å². The molecule has 1 aromatic heterocycles. The first-order valence-electron chi connectivity index (χ1n) is 20.6. The molecule has 7 rings (SSSR count). The van der Waals surface area contributed by atoms with Crippen molar-refractivity contribution in [2.24, 2.45) is 10.6 Å². The van der Waals surface area contributed by atoms with Crippen molar-refractivity contribution < 1.29 is 38.2 Å². The molecule has 3 heterocycles. The predicted molar refractivity (Wildman–Crippen MR) is 248 cm³/mol. The number of fused-ring (bicyclic) bond motifs is 1. The number of β-lactam (4-membered cyclic amide) rings is 1. The van der Waals surface area contributed by atoms with Crippen molar-refractivity contribution in [2.45, 2.75) is 69.4 Å². The van der Waals surface area contributed by atoms with E-state index in [-0.39, 0.29) is 36.2 Å². The van der Waals surface area contributed by atoms with Gasteiger partial charge in [0.05, 0.1) is 7.11 Å². The van der Waals surface area contributed by atoms with Gasteiger partial charge < -0.3 is 34.6 Å². The van der Waals surface area contributed by atoms with Crippen molar-refractivity contribution >= 4 is 69.3 Å². The average Bonchev–Trinajstić information content (AvgIpc) is 3.77. The van der Waals surface area contributed by atoms with Gasteiger partial charge in [-0.2, -0.15) is 0 Å². The predicted octanol–water partition coefficient (Wildman–Crippen LogP) is 7.77. The van der Waals surface area contributed by atoms with Crippen LogP contribution in [0.3, 0.4) is 0 Å². The zero-order valence-corrected chi connectivity index (χ0v) is 38.7. The maximum atomic E-state index is 14.4. The third kappa shape index (κ3) is 9.76. The van der Waals surface area contributed by atoms with E-state index in [1.54, 1.807) is 57.5 Å². The van der Waals surface area contributed by atoms with Crippen molar-refractivity contribution in [3.8, 4) is 5.75 Å². The lowest BCUT2D eigenvalue weighted by Gasteiger charge is -2.53. The minimum atomic E-state index is -1.62. The molecule has 0 bridgehead atoms. The summed E-state index contributed by atoms with van der Waals surface area (Å²) >= 11 is 9.00. The number of carbonyl (C=O) groups is 4. The van der Waals surface area contributed by atoms with Gasteiger partial charge in [-0.05, 0) is 69.0 Å². The smallest absolute Gasteiger partial charge is 0.353 e. The second kappa shape index (κ2) is 19.1. The molecule has 13 nitrogen and oxygen atoms in total. The van der Waals surface area contributed by atoms with Crippen LogP contribution in [0.4, 0.5) is 5.13 Å². The number of nitrogens with one attached hydrogen (secondary N) is 2. The number of alkyl halides is 1. The second-order valence-corrected chi connectivity index (χ2v) is 19.2. The quantitative estimate of drug-likeness (QED) is 0.0249. The Balaban J connectivity index is 1.15. The molecule has 2 N–H and O–H groups in total. The number of benzene rings is 4. The van der Waals surface area contributed by atoms with Gasteiger partial charge in [0.15, 0.2) is 10.8 Å². The lowest BCUT2D eigenvalue weighted by Crippen LogP contribution is -2.74. The molecule has 2 aliphatic rings. The highest BCUT2D eigenvalue weighted by molar-refractivity contribution is 8.00. The molecule has 3 atom stereocenters. The van der Waals surface area contributed by atoms with Crippen LogP contribution in [-0.4, -0.2) is 87.3 Å². The summed E-state index contributed by atoms with van der Waals surface area (Å²) in [5.74, 6) is -1.53. The Bertz CT molecular complexity index is 2390. The van der Waals surface area contributed by atoms with E-state index in [0.29, 0.717) is 10.9 Å². The van der Waals surface area contributed by atoms with Gasteiger partial charge >= 0.3 is 11.9 Å². The first kappa shape index (κ1) is 46.1. The van der Waals surface area contributed by atoms with E-state index in [4.69, 9.17) is 35.6 Å². The van der Waals surface area contributed by atoms with Gasteiger partial charge in [-0.1, -0.05) is 108 Å². The summed E-state index contributed by atoms with van der Waals surface area (Å²) in [5.41, 5.74) is -1.05. The van der Waals surface area contributed by atoms with E-state index in [1.165, 1.54) is 41.8 Å². The molecular weight excluding hydrogens is 874 g/mol. The summed E-state index contributed by atoms with van der Waals surface area (Å²) in [6.45, 7) is 8.21. The molecular formula is C48H50ClN5O8S2. The first-order chi connectivity index (χ1) is 30.6. The fraction of sp³-hybridized carbons (Fsp3) is 0.333. The third-order valence-electron chi connectivity index (χ3n) is 10.8. The molecule has 2 fully saturated rings. The minimum absolute atomic E-state index is 0.0159. The SMILES string of the molecule is COc1ccc(COC(=O)C2(CCl)CS[C@@H]3C(NC(=O)C(=NOC(C)(C)C(=O)OC(C)(C)C)c4csc(NC(c5ccccc5)(c5ccccc5)c5ccccc5)n4)C(=O)N3C2)cc1. The van der Waals surface area contributed by atoms with E-state index in [9.17, 15) is 19.2 Å². The summed E-state index contributed by atoms with van der Waals surface area (Å²) < 4.78 is 16.5. The van der Waals surface area contributed by atoms with E-state index >= 15 is 0 Å². The average molecular weight is 925 g/mol. The monoisotopic (exact) mass is 923 g/mol. The van der Waals surface area contributed by atoms with Crippen LogP contribution in [0.1, 0.15) is 62.6 Å². The number of amides is 2. The zero-order valence-electron chi connectivity index (χ0n) is 36.3. The first-order valence-corrected chi connectivity index (χ1v) is 23.0. The number of aromatic nitrogens is 1. The van der Waals surface area contributed by atoms with Gasteiger partial charge in [0.2, 0.25) is 11.5 Å². The van der Waals surface area contributed by atoms with Gasteiger partial charge in [0.1, 0.15) is 46.0 Å². The largest absolute Gasteiger partial charge is 0.497 e. The molecule has 2 unspecified atom stereocenters. The number of carbonyl (C=O) groups excluding carboxylic acids is 4. The van der Waals surface area contributed by atoms with Crippen LogP contribution in [0.2, 0.25) is 0 Å². The summed E-state index contributed by atoms with van der Waals surface area (Å²) in [6, 6.07) is 36.1. The van der Waals surface area contributed by atoms with Crippen molar-refractivity contribution in [1.29, 1.82) is 0 Å². The highest BCUT2D eigenvalue weighted by Gasteiger charge is 2.58. The molecule has 0 aliphatic carbocycles. The highest BCUT2D eigenvalue weighted by Crippen LogP contribution is 2.44. The third-order valence-corrected chi connectivity index (χ3v) is 13.6.